The Balaban J connectivity index is 0.00000176. The van der Waals surface area contributed by atoms with Crippen LogP contribution in [0, 0.1) is 0 Å². The molecule has 0 radical (unpaired) electrons. The van der Waals surface area contributed by atoms with Gasteiger partial charge in [0.2, 0.25) is 0 Å². The number of hydrogen-bond acceptors (Lipinski definition) is 4. The van der Waals surface area contributed by atoms with Gasteiger partial charge in [-0.1, -0.05) is 12.1 Å². The van der Waals surface area contributed by atoms with Gasteiger partial charge in [0.15, 0.2) is 5.69 Å². The molecule has 2 aromatic rings. The molecule has 0 aliphatic carbocycles. The summed E-state index contributed by atoms with van der Waals surface area (Å²) < 4.78 is 0. The summed E-state index contributed by atoms with van der Waals surface area (Å²) in [5, 5.41) is 13.3. The van der Waals surface area contributed by atoms with Gasteiger partial charge in [0.05, 0.1) is 0 Å². The van der Waals surface area contributed by atoms with Gasteiger partial charge in [-0.3, -0.25) is 9.89 Å². The molecule has 7 heteroatoms. The minimum absolute atomic E-state index is 0. The highest BCUT2D eigenvalue weighted by atomic mass is 35.5. The average Bonchev–Trinajstić information content (AvgIpc) is 2.93. The van der Waals surface area contributed by atoms with E-state index in [-0.39, 0.29) is 18.3 Å². The first-order valence-electron chi connectivity index (χ1n) is 6.94. The normalized spacial score (nSPS) is 13.1. The first-order valence-corrected chi connectivity index (χ1v) is 8.33. The van der Waals surface area contributed by atoms with Gasteiger partial charge in [-0.05, 0) is 24.0 Å². The van der Waals surface area contributed by atoms with Gasteiger partial charge in [0.1, 0.15) is 0 Å². The lowest BCUT2D eigenvalue weighted by atomic mass is 10.1. The zero-order chi connectivity index (χ0) is 14.7. The van der Waals surface area contributed by atoms with Crippen molar-refractivity contribution in [1.82, 2.24) is 15.5 Å². The third-order valence-electron chi connectivity index (χ3n) is 3.54. The molecule has 1 aliphatic rings. The number of carbonyl (C=O) groups excluding carboxylic acids is 1. The molecule has 2 heterocycles. The summed E-state index contributed by atoms with van der Waals surface area (Å²) in [7, 11) is 0. The molecule has 22 heavy (non-hydrogen) atoms. The Kier molecular flexibility index (Phi) is 5.88. The molecular weight excluding hydrogens is 320 g/mol. The Hall–Kier alpha value is -1.50. The van der Waals surface area contributed by atoms with Gasteiger partial charge < -0.3 is 10.6 Å². The van der Waals surface area contributed by atoms with Crippen molar-refractivity contribution in [3.05, 3.63) is 46.8 Å². The molecule has 3 N–H and O–H groups in total. The van der Waals surface area contributed by atoms with Crippen molar-refractivity contribution in [1.29, 1.82) is 0 Å². The molecule has 0 saturated carbocycles. The number of aromatic amines is 1. The lowest BCUT2D eigenvalue weighted by Gasteiger charge is -2.13. The van der Waals surface area contributed by atoms with Crippen LogP contribution in [0.3, 0.4) is 0 Å². The number of amides is 1. The topological polar surface area (TPSA) is 69.8 Å². The highest BCUT2D eigenvalue weighted by Crippen LogP contribution is 2.18. The minimum Gasteiger partial charge on any atom is -0.321 e. The maximum absolute atomic E-state index is 12.3. The summed E-state index contributed by atoms with van der Waals surface area (Å²) in [6.45, 7) is 1.62. The van der Waals surface area contributed by atoms with E-state index in [9.17, 15) is 4.79 Å². The van der Waals surface area contributed by atoms with Crippen molar-refractivity contribution in [2.75, 3.05) is 18.1 Å². The van der Waals surface area contributed by atoms with E-state index in [1.54, 1.807) is 11.8 Å². The van der Waals surface area contributed by atoms with E-state index in [1.165, 1.54) is 5.56 Å². The summed E-state index contributed by atoms with van der Waals surface area (Å²) >= 11 is 1.78. The second kappa shape index (κ2) is 7.67. The van der Waals surface area contributed by atoms with Gasteiger partial charge in [-0.15, -0.1) is 12.4 Å². The highest BCUT2D eigenvalue weighted by molar-refractivity contribution is 7.97. The van der Waals surface area contributed by atoms with Crippen LogP contribution in [-0.2, 0) is 18.7 Å². The summed E-state index contributed by atoms with van der Waals surface area (Å²) in [4.78, 5) is 12.3. The SMILES string of the molecule is CSCc1ccc(NC(=O)c2n[nH]c3c2CNCC3)cc1.Cl. The predicted molar refractivity (Wildman–Crippen MR) is 92.9 cm³/mol. The number of aromatic nitrogens is 2. The Morgan fingerprint density at radius 2 is 2.14 bits per heavy atom. The second-order valence-corrected chi connectivity index (χ2v) is 5.91. The van der Waals surface area contributed by atoms with E-state index in [2.05, 4.69) is 27.1 Å². The van der Waals surface area contributed by atoms with Crippen molar-refractivity contribution in [2.24, 2.45) is 0 Å². The first-order chi connectivity index (χ1) is 10.3. The van der Waals surface area contributed by atoms with Gasteiger partial charge in [-0.2, -0.15) is 16.9 Å². The van der Waals surface area contributed by atoms with Crippen LogP contribution in [0.1, 0.15) is 27.3 Å². The number of rotatable bonds is 4. The standard InChI is InChI=1S/C15H18N4OS.ClH/c1-21-9-10-2-4-11(5-3-10)17-15(20)14-12-8-16-7-6-13(12)18-19-14;/h2-5,16H,6-9H2,1H3,(H,17,20)(H,18,19);1H. The Morgan fingerprint density at radius 1 is 1.36 bits per heavy atom. The van der Waals surface area contributed by atoms with E-state index in [4.69, 9.17) is 0 Å². The van der Waals surface area contributed by atoms with Gasteiger partial charge in [0, 0.05) is 42.2 Å². The number of anilines is 1. The molecule has 0 spiro atoms. The van der Waals surface area contributed by atoms with Crippen LogP contribution >= 0.6 is 24.2 Å². The molecular formula is C15H19ClN4OS. The number of nitrogens with zero attached hydrogens (tertiary/aromatic N) is 1. The minimum atomic E-state index is -0.159. The average molecular weight is 339 g/mol. The molecule has 1 aromatic heterocycles. The van der Waals surface area contributed by atoms with Crippen LogP contribution < -0.4 is 10.6 Å². The highest BCUT2D eigenvalue weighted by Gasteiger charge is 2.21. The molecule has 3 rings (SSSR count). The summed E-state index contributed by atoms with van der Waals surface area (Å²) in [6, 6.07) is 7.93. The lowest BCUT2D eigenvalue weighted by molar-refractivity contribution is 0.102. The zero-order valence-electron chi connectivity index (χ0n) is 12.3. The number of H-pyrrole nitrogens is 1. The second-order valence-electron chi connectivity index (χ2n) is 5.04. The largest absolute Gasteiger partial charge is 0.321 e. The molecule has 0 saturated heterocycles. The fourth-order valence-corrected chi connectivity index (χ4v) is 2.98. The van der Waals surface area contributed by atoms with Crippen molar-refractivity contribution in [3.8, 4) is 0 Å². The molecule has 1 aliphatic heterocycles. The lowest BCUT2D eigenvalue weighted by Crippen LogP contribution is -2.25. The fraction of sp³-hybridized carbons (Fsp3) is 0.333. The number of benzene rings is 1. The quantitative estimate of drug-likeness (QED) is 0.801. The van der Waals surface area contributed by atoms with Crippen molar-refractivity contribution < 1.29 is 4.79 Å². The zero-order valence-corrected chi connectivity index (χ0v) is 13.9. The van der Waals surface area contributed by atoms with Crippen LogP contribution in [0.4, 0.5) is 5.69 Å². The van der Waals surface area contributed by atoms with E-state index in [0.29, 0.717) is 12.2 Å². The van der Waals surface area contributed by atoms with Gasteiger partial charge in [-0.25, -0.2) is 0 Å². The number of hydrogen-bond donors (Lipinski definition) is 3. The first kappa shape index (κ1) is 16.9. The summed E-state index contributed by atoms with van der Waals surface area (Å²) in [5.41, 5.74) is 4.59. The Labute approximate surface area is 140 Å². The third kappa shape index (κ3) is 3.63. The van der Waals surface area contributed by atoms with Crippen molar-refractivity contribution in [3.63, 3.8) is 0 Å². The molecule has 0 unspecified atom stereocenters. The van der Waals surface area contributed by atoms with Crippen molar-refractivity contribution >= 4 is 35.8 Å². The predicted octanol–water partition coefficient (Wildman–Crippen LogP) is 2.59. The maximum Gasteiger partial charge on any atom is 0.276 e. The van der Waals surface area contributed by atoms with Crippen molar-refractivity contribution in [2.45, 2.75) is 18.7 Å². The smallest absolute Gasteiger partial charge is 0.276 e. The summed E-state index contributed by atoms with van der Waals surface area (Å²) in [5.74, 6) is 0.820. The fourth-order valence-electron chi connectivity index (χ4n) is 2.45. The van der Waals surface area contributed by atoms with Crippen LogP contribution in [0.5, 0.6) is 0 Å². The maximum atomic E-state index is 12.3. The van der Waals surface area contributed by atoms with E-state index in [0.717, 1.165) is 35.7 Å². The van der Waals surface area contributed by atoms with Gasteiger partial charge in [0.25, 0.3) is 5.91 Å². The molecule has 0 atom stereocenters. The molecule has 1 aromatic carbocycles. The van der Waals surface area contributed by atoms with E-state index < -0.39 is 0 Å². The van der Waals surface area contributed by atoms with Crippen LogP contribution in [0.15, 0.2) is 24.3 Å². The van der Waals surface area contributed by atoms with Crippen LogP contribution in [0.25, 0.3) is 0 Å². The summed E-state index contributed by atoms with van der Waals surface area (Å²) in [6.07, 6.45) is 2.96. The monoisotopic (exact) mass is 338 g/mol. The molecule has 1 amide bonds. The molecule has 0 bridgehead atoms. The van der Waals surface area contributed by atoms with Crippen LogP contribution in [-0.4, -0.2) is 28.9 Å². The molecule has 5 nitrogen and oxygen atoms in total. The molecule has 118 valence electrons. The van der Waals surface area contributed by atoms with Crippen LogP contribution in [0.2, 0.25) is 0 Å². The van der Waals surface area contributed by atoms with E-state index >= 15 is 0 Å². The third-order valence-corrected chi connectivity index (χ3v) is 4.17. The Morgan fingerprint density at radius 3 is 2.86 bits per heavy atom. The molecule has 0 fully saturated rings. The van der Waals surface area contributed by atoms with Gasteiger partial charge >= 0.3 is 0 Å². The number of carbonyl (C=O) groups is 1. The number of halogens is 1. The van der Waals surface area contributed by atoms with E-state index in [1.807, 2.05) is 24.3 Å². The Bertz CT molecular complexity index is 641. The number of thioether (sulfide) groups is 1. The number of nitrogens with one attached hydrogen (secondary N) is 3. The number of fused-ring (bicyclic) bond motifs is 1.